The minimum atomic E-state index is -0.542. The van der Waals surface area contributed by atoms with Crippen molar-refractivity contribution in [3.05, 3.63) is 60.1 Å². The first-order valence-electron chi connectivity index (χ1n) is 9.89. The summed E-state index contributed by atoms with van der Waals surface area (Å²) in [7, 11) is 0. The second kappa shape index (κ2) is 10.3. The predicted molar refractivity (Wildman–Crippen MR) is 111 cm³/mol. The molecule has 1 aromatic heterocycles. The van der Waals surface area contributed by atoms with Crippen LogP contribution in [0.15, 0.2) is 53.1 Å². The average Bonchev–Trinajstić information content (AvgIpc) is 3.24. The molecule has 0 aliphatic heterocycles. The summed E-state index contributed by atoms with van der Waals surface area (Å²) in [4.78, 5) is 16.8. The molecule has 2 aromatic carbocycles. The van der Waals surface area contributed by atoms with Crippen molar-refractivity contribution in [2.45, 2.75) is 27.4 Å². The van der Waals surface area contributed by atoms with Crippen molar-refractivity contribution in [3.63, 3.8) is 0 Å². The molecule has 0 aliphatic rings. The van der Waals surface area contributed by atoms with E-state index in [2.05, 4.69) is 4.98 Å². The molecule has 0 unspecified atom stereocenters. The zero-order chi connectivity index (χ0) is 21.3. The Balaban J connectivity index is 1.75. The standard InChI is InChI=1S/C23H25NO6/c1-4-26-18-12-17(13-19(27-5-2)22(18)28-6-3)23(25)29-15-21-24-14-20(30-21)16-10-8-7-9-11-16/h7-14H,4-6,15H2,1-3H3. The minimum Gasteiger partial charge on any atom is -0.490 e. The number of ether oxygens (including phenoxy) is 4. The third-order valence-corrected chi connectivity index (χ3v) is 4.08. The van der Waals surface area contributed by atoms with Crippen LogP contribution in [0.3, 0.4) is 0 Å². The first kappa shape index (κ1) is 21.2. The molecule has 3 rings (SSSR count). The van der Waals surface area contributed by atoms with Crippen LogP contribution in [0.5, 0.6) is 17.2 Å². The number of esters is 1. The van der Waals surface area contributed by atoms with Crippen LogP contribution >= 0.6 is 0 Å². The van der Waals surface area contributed by atoms with E-state index in [-0.39, 0.29) is 6.61 Å². The highest BCUT2D eigenvalue weighted by atomic mass is 16.5. The number of aromatic nitrogens is 1. The number of carbonyl (C=O) groups excluding carboxylic acids is 1. The Morgan fingerprint density at radius 1 is 0.933 bits per heavy atom. The normalized spacial score (nSPS) is 10.5. The molecule has 0 aliphatic carbocycles. The van der Waals surface area contributed by atoms with E-state index in [1.54, 1.807) is 18.3 Å². The van der Waals surface area contributed by atoms with Gasteiger partial charge in [-0.3, -0.25) is 0 Å². The molecule has 158 valence electrons. The summed E-state index contributed by atoms with van der Waals surface area (Å²) in [5, 5.41) is 0. The van der Waals surface area contributed by atoms with E-state index in [0.717, 1.165) is 5.56 Å². The number of hydrogen-bond donors (Lipinski definition) is 0. The van der Waals surface area contributed by atoms with E-state index >= 15 is 0 Å². The molecule has 0 fully saturated rings. The summed E-state index contributed by atoms with van der Waals surface area (Å²) in [5.41, 5.74) is 1.19. The smallest absolute Gasteiger partial charge is 0.338 e. The zero-order valence-electron chi connectivity index (χ0n) is 17.3. The molecule has 0 saturated carbocycles. The van der Waals surface area contributed by atoms with E-state index in [4.69, 9.17) is 23.4 Å². The topological polar surface area (TPSA) is 80.0 Å². The Labute approximate surface area is 175 Å². The van der Waals surface area contributed by atoms with Crippen molar-refractivity contribution >= 4 is 5.97 Å². The number of oxazole rings is 1. The molecule has 1 heterocycles. The molecule has 7 heteroatoms. The Morgan fingerprint density at radius 2 is 1.57 bits per heavy atom. The predicted octanol–water partition coefficient (Wildman–Crippen LogP) is 4.89. The van der Waals surface area contributed by atoms with Gasteiger partial charge in [-0.1, -0.05) is 30.3 Å². The largest absolute Gasteiger partial charge is 0.490 e. The molecule has 0 N–H and O–H groups in total. The Bertz CT molecular complexity index is 940. The van der Waals surface area contributed by atoms with Crippen molar-refractivity contribution in [2.24, 2.45) is 0 Å². The second-order valence-corrected chi connectivity index (χ2v) is 6.16. The third-order valence-electron chi connectivity index (χ3n) is 4.08. The summed E-state index contributed by atoms with van der Waals surface area (Å²) in [6.07, 6.45) is 1.61. The van der Waals surface area contributed by atoms with E-state index < -0.39 is 5.97 Å². The van der Waals surface area contributed by atoms with Crippen LogP contribution in [0.4, 0.5) is 0 Å². The fourth-order valence-electron chi connectivity index (χ4n) is 2.83. The summed E-state index contributed by atoms with van der Waals surface area (Å²) in [5.74, 6) is 1.71. The summed E-state index contributed by atoms with van der Waals surface area (Å²) < 4.78 is 28.0. The number of carbonyl (C=O) groups is 1. The molecule has 0 bridgehead atoms. The van der Waals surface area contributed by atoms with Crippen molar-refractivity contribution in [3.8, 4) is 28.6 Å². The second-order valence-electron chi connectivity index (χ2n) is 6.16. The summed E-state index contributed by atoms with van der Waals surface area (Å²) in [6.45, 7) is 6.77. The molecular formula is C23H25NO6. The molecule has 0 saturated heterocycles. The van der Waals surface area contributed by atoms with Crippen LogP contribution in [0.2, 0.25) is 0 Å². The Hall–Kier alpha value is -3.48. The average molecular weight is 411 g/mol. The van der Waals surface area contributed by atoms with Gasteiger partial charge >= 0.3 is 5.97 Å². The molecule has 0 radical (unpaired) electrons. The lowest BCUT2D eigenvalue weighted by Gasteiger charge is -2.16. The van der Waals surface area contributed by atoms with Gasteiger partial charge in [0.05, 0.1) is 31.6 Å². The summed E-state index contributed by atoms with van der Waals surface area (Å²) in [6, 6.07) is 12.8. The van der Waals surface area contributed by atoms with Gasteiger partial charge in [0, 0.05) is 5.56 Å². The van der Waals surface area contributed by atoms with Gasteiger partial charge in [0.25, 0.3) is 0 Å². The SMILES string of the molecule is CCOc1cc(C(=O)OCc2ncc(-c3ccccc3)o2)cc(OCC)c1OCC. The van der Waals surface area contributed by atoms with Gasteiger partial charge in [-0.15, -0.1) is 0 Å². The first-order valence-corrected chi connectivity index (χ1v) is 9.89. The van der Waals surface area contributed by atoms with Crippen LogP contribution in [-0.2, 0) is 11.3 Å². The molecule has 0 atom stereocenters. The lowest BCUT2D eigenvalue weighted by Crippen LogP contribution is -2.09. The van der Waals surface area contributed by atoms with E-state index in [0.29, 0.717) is 54.3 Å². The molecule has 7 nitrogen and oxygen atoms in total. The number of benzene rings is 2. The van der Waals surface area contributed by atoms with Gasteiger partial charge in [-0.25, -0.2) is 9.78 Å². The van der Waals surface area contributed by atoms with Gasteiger partial charge in [0.15, 0.2) is 23.9 Å². The highest BCUT2D eigenvalue weighted by molar-refractivity contribution is 5.91. The first-order chi connectivity index (χ1) is 14.7. The van der Waals surface area contributed by atoms with Gasteiger partial charge in [0.2, 0.25) is 11.6 Å². The highest BCUT2D eigenvalue weighted by Crippen LogP contribution is 2.39. The molecule has 0 amide bonds. The lowest BCUT2D eigenvalue weighted by atomic mass is 10.2. The molecular weight excluding hydrogens is 386 g/mol. The number of nitrogens with zero attached hydrogens (tertiary/aromatic N) is 1. The maximum Gasteiger partial charge on any atom is 0.338 e. The molecule has 3 aromatic rings. The van der Waals surface area contributed by atoms with E-state index in [1.165, 1.54) is 0 Å². The van der Waals surface area contributed by atoms with Gasteiger partial charge in [-0.2, -0.15) is 0 Å². The van der Waals surface area contributed by atoms with Crippen molar-refractivity contribution < 1.29 is 28.2 Å². The molecule has 0 spiro atoms. The van der Waals surface area contributed by atoms with Crippen LogP contribution in [0.1, 0.15) is 37.0 Å². The number of rotatable bonds is 10. The maximum atomic E-state index is 12.6. The third kappa shape index (κ3) is 5.11. The number of hydrogen-bond acceptors (Lipinski definition) is 7. The molecule has 30 heavy (non-hydrogen) atoms. The van der Waals surface area contributed by atoms with Crippen LogP contribution in [0, 0.1) is 0 Å². The Morgan fingerprint density at radius 3 is 2.17 bits per heavy atom. The van der Waals surface area contributed by atoms with Gasteiger partial charge < -0.3 is 23.4 Å². The van der Waals surface area contributed by atoms with Crippen LogP contribution in [0.25, 0.3) is 11.3 Å². The van der Waals surface area contributed by atoms with Crippen LogP contribution in [-0.4, -0.2) is 30.8 Å². The fourth-order valence-corrected chi connectivity index (χ4v) is 2.83. The van der Waals surface area contributed by atoms with E-state index in [9.17, 15) is 4.79 Å². The van der Waals surface area contributed by atoms with Crippen molar-refractivity contribution in [1.29, 1.82) is 0 Å². The van der Waals surface area contributed by atoms with Gasteiger partial charge in [0.1, 0.15) is 0 Å². The quantitative estimate of drug-likeness (QED) is 0.439. The van der Waals surface area contributed by atoms with Crippen molar-refractivity contribution in [2.75, 3.05) is 19.8 Å². The van der Waals surface area contributed by atoms with Crippen molar-refractivity contribution in [1.82, 2.24) is 4.98 Å². The Kier molecular flexibility index (Phi) is 7.32. The van der Waals surface area contributed by atoms with Crippen LogP contribution < -0.4 is 14.2 Å². The monoisotopic (exact) mass is 411 g/mol. The minimum absolute atomic E-state index is 0.0905. The van der Waals surface area contributed by atoms with Gasteiger partial charge in [-0.05, 0) is 32.9 Å². The summed E-state index contributed by atoms with van der Waals surface area (Å²) >= 11 is 0. The zero-order valence-corrected chi connectivity index (χ0v) is 17.3. The lowest BCUT2D eigenvalue weighted by molar-refractivity contribution is 0.0438. The maximum absolute atomic E-state index is 12.6. The highest BCUT2D eigenvalue weighted by Gasteiger charge is 2.20. The van der Waals surface area contributed by atoms with E-state index in [1.807, 2.05) is 51.1 Å². The fraction of sp³-hybridized carbons (Fsp3) is 0.304.